The zero-order valence-corrected chi connectivity index (χ0v) is 5.35. The number of carbonyl (C=O) groups excluding carboxylic acids is 1. The molecule has 11 heavy (non-hydrogen) atoms. The van der Waals surface area contributed by atoms with Crippen LogP contribution in [0.15, 0.2) is 15.0 Å². The van der Waals surface area contributed by atoms with E-state index in [1.54, 1.807) is 0 Å². The van der Waals surface area contributed by atoms with Gasteiger partial charge in [-0.05, 0) is 0 Å². The Hall–Kier alpha value is -1.56. The molecule has 2 heterocycles. The van der Waals surface area contributed by atoms with Crippen LogP contribution in [-0.4, -0.2) is 35.3 Å². The van der Waals surface area contributed by atoms with Gasteiger partial charge in [-0.25, -0.2) is 14.8 Å². The number of urea groups is 1. The molecule has 0 radical (unpaired) electrons. The van der Waals surface area contributed by atoms with Crippen LogP contribution in [0.5, 0.6) is 0 Å². The third-order valence-corrected chi connectivity index (χ3v) is 1.37. The molecule has 0 aliphatic carbocycles. The molecular weight excluding hydrogens is 148 g/mol. The fourth-order valence-corrected chi connectivity index (χ4v) is 0.867. The molecule has 2 rings (SSSR count). The number of amides is 2. The van der Waals surface area contributed by atoms with Gasteiger partial charge in [0.05, 0.1) is 6.21 Å². The Kier molecular flexibility index (Phi) is 0.970. The number of fused-ring (bicyclic) bond motifs is 1. The van der Waals surface area contributed by atoms with Crippen LogP contribution in [-0.2, 0) is 0 Å². The molecule has 2 amide bonds. The van der Waals surface area contributed by atoms with Crippen LogP contribution in [0.3, 0.4) is 0 Å². The summed E-state index contributed by atoms with van der Waals surface area (Å²) in [5, 5.41) is 11.6. The van der Waals surface area contributed by atoms with Crippen molar-refractivity contribution < 1.29 is 9.90 Å². The van der Waals surface area contributed by atoms with Gasteiger partial charge in [0.25, 0.3) is 5.85 Å². The maximum absolute atomic E-state index is 10.6. The van der Waals surface area contributed by atoms with E-state index in [4.69, 9.17) is 0 Å². The van der Waals surface area contributed by atoms with Gasteiger partial charge in [0.15, 0.2) is 0 Å². The average molecular weight is 152 g/mol. The predicted octanol–water partition coefficient (Wildman–Crippen LogP) is -1.09. The zero-order valence-electron chi connectivity index (χ0n) is 5.35. The third kappa shape index (κ3) is 0.761. The Morgan fingerprint density at radius 3 is 3.18 bits per heavy atom. The molecule has 2 aliphatic rings. The second-order valence-corrected chi connectivity index (χ2v) is 2.12. The minimum Gasteiger partial charge on any atom is -0.348 e. The molecule has 56 valence electrons. The maximum atomic E-state index is 10.6. The van der Waals surface area contributed by atoms with Crippen LogP contribution < -0.4 is 5.32 Å². The van der Waals surface area contributed by atoms with Crippen molar-refractivity contribution in [3.63, 3.8) is 0 Å². The number of rotatable bonds is 0. The van der Waals surface area contributed by atoms with Gasteiger partial charge >= 0.3 is 6.03 Å². The second kappa shape index (κ2) is 1.73. The average Bonchev–Trinajstić information content (AvgIpc) is 2.22. The molecule has 2 N–H and O–H groups in total. The van der Waals surface area contributed by atoms with Gasteiger partial charge in [-0.2, -0.15) is 4.99 Å². The summed E-state index contributed by atoms with van der Waals surface area (Å²) in [6.07, 6.45) is 2.44. The van der Waals surface area contributed by atoms with Crippen molar-refractivity contribution in [3.05, 3.63) is 0 Å². The number of aliphatic hydroxyl groups is 1. The summed E-state index contributed by atoms with van der Waals surface area (Å²) >= 11 is 0. The van der Waals surface area contributed by atoms with Crippen molar-refractivity contribution in [2.24, 2.45) is 15.0 Å². The van der Waals surface area contributed by atoms with E-state index in [-0.39, 0.29) is 5.71 Å². The summed E-state index contributed by atoms with van der Waals surface area (Å²) in [6.45, 7) is 0. The van der Waals surface area contributed by atoms with Gasteiger partial charge in [-0.1, -0.05) is 0 Å². The molecular formula is C5H4N4O2. The largest absolute Gasteiger partial charge is 0.348 e. The zero-order chi connectivity index (χ0) is 7.90. The van der Waals surface area contributed by atoms with Crippen LogP contribution in [0, 0.1) is 0 Å². The Bertz CT molecular complexity index is 306. The van der Waals surface area contributed by atoms with Crippen LogP contribution in [0.1, 0.15) is 0 Å². The molecule has 6 heteroatoms. The molecule has 0 aromatic heterocycles. The fraction of sp³-hybridized carbons (Fsp3) is 0.200. The van der Waals surface area contributed by atoms with Crippen molar-refractivity contribution in [1.29, 1.82) is 0 Å². The summed E-state index contributed by atoms with van der Waals surface area (Å²) in [5.41, 5.74) is 0.130. The molecule has 0 saturated heterocycles. The number of hydrogen-bond donors (Lipinski definition) is 2. The van der Waals surface area contributed by atoms with Gasteiger partial charge in [-0.3, -0.25) is 5.32 Å². The molecule has 0 spiro atoms. The summed E-state index contributed by atoms with van der Waals surface area (Å²) in [4.78, 5) is 21.2. The summed E-state index contributed by atoms with van der Waals surface area (Å²) in [6, 6.07) is -0.604. The standard InChI is InChI=1S/C5H4N4O2/c10-4-8-3-1-6-2-7-5(3,11)9-4/h1-2,11H,(H,9,10). The highest BCUT2D eigenvalue weighted by atomic mass is 16.3. The SMILES string of the molecule is O=C1N=C2C=NC=NC2(O)N1. The highest BCUT2D eigenvalue weighted by molar-refractivity contribution is 6.39. The quantitative estimate of drug-likeness (QED) is 0.462. The molecule has 0 aromatic rings. The van der Waals surface area contributed by atoms with E-state index >= 15 is 0 Å². The maximum Gasteiger partial charge on any atom is 0.345 e. The van der Waals surface area contributed by atoms with Crippen molar-refractivity contribution in [2.75, 3.05) is 0 Å². The fourth-order valence-electron chi connectivity index (χ4n) is 0.867. The lowest BCUT2D eigenvalue weighted by Gasteiger charge is -2.17. The summed E-state index contributed by atoms with van der Waals surface area (Å²) in [7, 11) is 0. The van der Waals surface area contributed by atoms with Gasteiger partial charge in [0, 0.05) is 0 Å². The highest BCUT2D eigenvalue weighted by Crippen LogP contribution is 2.12. The molecule has 2 aliphatic heterocycles. The minimum atomic E-state index is -1.67. The second-order valence-electron chi connectivity index (χ2n) is 2.12. The topological polar surface area (TPSA) is 86.4 Å². The number of carbonyl (C=O) groups is 1. The van der Waals surface area contributed by atoms with Crippen LogP contribution in [0.4, 0.5) is 4.79 Å². The molecule has 0 bridgehead atoms. The van der Waals surface area contributed by atoms with Crippen molar-refractivity contribution in [3.8, 4) is 0 Å². The lowest BCUT2D eigenvalue weighted by molar-refractivity contribution is 0.105. The number of hydrogen-bond acceptors (Lipinski definition) is 4. The van der Waals surface area contributed by atoms with Gasteiger partial charge in [0.2, 0.25) is 0 Å². The number of nitrogens with zero attached hydrogens (tertiary/aromatic N) is 3. The van der Waals surface area contributed by atoms with Crippen LogP contribution >= 0.6 is 0 Å². The number of aliphatic imine (C=N–C) groups is 3. The molecule has 6 nitrogen and oxygen atoms in total. The van der Waals surface area contributed by atoms with E-state index in [9.17, 15) is 9.90 Å². The molecule has 0 aromatic carbocycles. The third-order valence-electron chi connectivity index (χ3n) is 1.37. The summed E-state index contributed by atoms with van der Waals surface area (Å²) in [5.74, 6) is -1.67. The first-order chi connectivity index (χ1) is 5.21. The highest BCUT2D eigenvalue weighted by Gasteiger charge is 2.40. The Morgan fingerprint density at radius 1 is 1.64 bits per heavy atom. The monoisotopic (exact) mass is 152 g/mol. The normalized spacial score (nSPS) is 33.2. The van der Waals surface area contributed by atoms with Gasteiger partial charge < -0.3 is 5.11 Å². The van der Waals surface area contributed by atoms with E-state index in [2.05, 4.69) is 20.3 Å². The molecule has 0 saturated carbocycles. The van der Waals surface area contributed by atoms with E-state index in [0.717, 1.165) is 6.34 Å². The predicted molar refractivity (Wildman–Crippen MR) is 37.9 cm³/mol. The van der Waals surface area contributed by atoms with E-state index in [0.29, 0.717) is 0 Å². The molecule has 1 unspecified atom stereocenters. The minimum absolute atomic E-state index is 0.130. The Balaban J connectivity index is 2.48. The number of nitrogens with one attached hydrogen (secondary N) is 1. The Morgan fingerprint density at radius 2 is 2.45 bits per heavy atom. The van der Waals surface area contributed by atoms with E-state index in [1.807, 2.05) is 0 Å². The first-order valence-corrected chi connectivity index (χ1v) is 2.91. The first kappa shape index (κ1) is 6.17. The molecule has 0 fully saturated rings. The van der Waals surface area contributed by atoms with Crippen molar-refractivity contribution in [1.82, 2.24) is 5.32 Å². The first-order valence-electron chi connectivity index (χ1n) is 2.91. The lowest BCUT2D eigenvalue weighted by Crippen LogP contribution is -2.48. The smallest absolute Gasteiger partial charge is 0.345 e. The van der Waals surface area contributed by atoms with Crippen molar-refractivity contribution >= 4 is 24.3 Å². The molecule has 1 atom stereocenters. The lowest BCUT2D eigenvalue weighted by atomic mass is 10.2. The van der Waals surface area contributed by atoms with E-state index in [1.165, 1.54) is 6.21 Å². The summed E-state index contributed by atoms with van der Waals surface area (Å²) < 4.78 is 0. The van der Waals surface area contributed by atoms with Crippen molar-refractivity contribution in [2.45, 2.75) is 5.85 Å². The van der Waals surface area contributed by atoms with Crippen LogP contribution in [0.25, 0.3) is 0 Å². The Labute approximate surface area is 61.4 Å². The van der Waals surface area contributed by atoms with E-state index < -0.39 is 11.9 Å². The van der Waals surface area contributed by atoms with Gasteiger partial charge in [0.1, 0.15) is 12.1 Å². The van der Waals surface area contributed by atoms with Crippen LogP contribution in [0.2, 0.25) is 0 Å². The van der Waals surface area contributed by atoms with Gasteiger partial charge in [-0.15, -0.1) is 0 Å².